The molecule has 0 bridgehead atoms. The van der Waals surface area contributed by atoms with Crippen LogP contribution in [0.2, 0.25) is 10.0 Å². The van der Waals surface area contributed by atoms with Crippen LogP contribution in [-0.4, -0.2) is 11.7 Å². The molecule has 0 fully saturated rings. The van der Waals surface area contributed by atoms with Gasteiger partial charge in [-0.05, 0) is 54.4 Å². The number of benzene rings is 2. The number of aliphatic hydroxyl groups excluding tert-OH is 1. The number of rotatable bonds is 4. The molecule has 2 rings (SSSR count). The molecular formula is C15H14Cl2FNO. The molecule has 5 heteroatoms. The second-order valence-electron chi connectivity index (χ2n) is 4.56. The van der Waals surface area contributed by atoms with Crippen molar-refractivity contribution < 1.29 is 9.50 Å². The first-order valence-electron chi connectivity index (χ1n) is 6.09. The quantitative estimate of drug-likeness (QED) is 0.865. The Hall–Kier alpha value is -1.29. The summed E-state index contributed by atoms with van der Waals surface area (Å²) in [6.07, 6.45) is 0. The third kappa shape index (κ3) is 3.63. The molecule has 0 aromatic heterocycles. The second-order valence-corrected chi connectivity index (χ2v) is 5.41. The number of hydrogen-bond acceptors (Lipinski definition) is 2. The van der Waals surface area contributed by atoms with Crippen molar-refractivity contribution in [3.63, 3.8) is 0 Å². The highest BCUT2D eigenvalue weighted by Crippen LogP contribution is 2.29. The van der Waals surface area contributed by atoms with E-state index in [1.807, 2.05) is 0 Å². The van der Waals surface area contributed by atoms with Gasteiger partial charge in [-0.25, -0.2) is 4.39 Å². The Balaban J connectivity index is 2.31. The summed E-state index contributed by atoms with van der Waals surface area (Å²) in [6, 6.07) is 9.17. The van der Waals surface area contributed by atoms with E-state index < -0.39 is 6.04 Å². The van der Waals surface area contributed by atoms with Gasteiger partial charge in [0.2, 0.25) is 0 Å². The highest BCUT2D eigenvalue weighted by Gasteiger charge is 2.15. The van der Waals surface area contributed by atoms with Crippen LogP contribution >= 0.6 is 23.2 Å². The molecule has 2 aromatic rings. The first-order valence-corrected chi connectivity index (χ1v) is 6.84. The summed E-state index contributed by atoms with van der Waals surface area (Å²) < 4.78 is 13.4. The van der Waals surface area contributed by atoms with Crippen molar-refractivity contribution in [1.82, 2.24) is 0 Å². The smallest absolute Gasteiger partial charge is 0.125 e. The summed E-state index contributed by atoms with van der Waals surface area (Å²) in [6.45, 7) is 1.62. The Morgan fingerprint density at radius 1 is 1.20 bits per heavy atom. The maximum atomic E-state index is 13.4. The average Bonchev–Trinajstić information content (AvgIpc) is 2.38. The van der Waals surface area contributed by atoms with Crippen molar-refractivity contribution in [1.29, 1.82) is 0 Å². The predicted octanol–water partition coefficient (Wildman–Crippen LogP) is 4.59. The molecule has 0 aliphatic rings. The molecule has 0 heterocycles. The first kappa shape index (κ1) is 15.1. The van der Waals surface area contributed by atoms with E-state index in [0.717, 1.165) is 5.56 Å². The Kier molecular flexibility index (Phi) is 4.86. The lowest BCUT2D eigenvalue weighted by Gasteiger charge is -2.20. The van der Waals surface area contributed by atoms with Crippen molar-refractivity contribution in [2.75, 3.05) is 11.9 Å². The largest absolute Gasteiger partial charge is 0.394 e. The SMILES string of the molecule is Cc1cc(F)cc(NC(CO)c2cc(Cl)ccc2Cl)c1. The van der Waals surface area contributed by atoms with Crippen molar-refractivity contribution in [3.8, 4) is 0 Å². The lowest BCUT2D eigenvalue weighted by Crippen LogP contribution is -2.15. The summed E-state index contributed by atoms with van der Waals surface area (Å²) in [5.41, 5.74) is 2.04. The molecule has 2 N–H and O–H groups in total. The van der Waals surface area contributed by atoms with Gasteiger partial charge in [-0.3, -0.25) is 0 Å². The zero-order chi connectivity index (χ0) is 14.7. The third-order valence-corrected chi connectivity index (χ3v) is 3.48. The van der Waals surface area contributed by atoms with E-state index in [-0.39, 0.29) is 12.4 Å². The van der Waals surface area contributed by atoms with Crippen LogP contribution < -0.4 is 5.32 Å². The van der Waals surface area contributed by atoms with E-state index in [4.69, 9.17) is 23.2 Å². The van der Waals surface area contributed by atoms with Gasteiger partial charge in [0.25, 0.3) is 0 Å². The summed E-state index contributed by atoms with van der Waals surface area (Å²) in [4.78, 5) is 0. The number of anilines is 1. The van der Waals surface area contributed by atoms with Crippen LogP contribution in [0.1, 0.15) is 17.2 Å². The molecule has 106 valence electrons. The zero-order valence-electron chi connectivity index (χ0n) is 10.8. The summed E-state index contributed by atoms with van der Waals surface area (Å²) in [5, 5.41) is 13.6. The van der Waals surface area contributed by atoms with E-state index in [9.17, 15) is 9.50 Å². The van der Waals surface area contributed by atoms with Gasteiger partial charge in [0.1, 0.15) is 5.82 Å². The molecule has 2 nitrogen and oxygen atoms in total. The molecule has 2 aromatic carbocycles. The van der Waals surface area contributed by atoms with Crippen LogP contribution in [0, 0.1) is 12.7 Å². The molecule has 0 saturated carbocycles. The molecule has 0 aliphatic heterocycles. The van der Waals surface area contributed by atoms with Crippen molar-refractivity contribution >= 4 is 28.9 Å². The minimum absolute atomic E-state index is 0.185. The highest BCUT2D eigenvalue weighted by atomic mass is 35.5. The summed E-state index contributed by atoms with van der Waals surface area (Å²) in [7, 11) is 0. The van der Waals surface area contributed by atoms with Crippen LogP contribution in [0.5, 0.6) is 0 Å². The number of aryl methyl sites for hydroxylation is 1. The standard InChI is InChI=1S/C15H14Cl2FNO/c1-9-4-11(18)7-12(5-9)19-15(8-20)13-6-10(16)2-3-14(13)17/h2-7,15,19-20H,8H2,1H3. The number of hydrogen-bond donors (Lipinski definition) is 2. The van der Waals surface area contributed by atoms with Crippen LogP contribution in [0.4, 0.5) is 10.1 Å². The Morgan fingerprint density at radius 3 is 2.60 bits per heavy atom. The average molecular weight is 314 g/mol. The molecule has 1 atom stereocenters. The molecule has 0 aliphatic carbocycles. The van der Waals surface area contributed by atoms with E-state index in [1.54, 1.807) is 31.2 Å². The monoisotopic (exact) mass is 313 g/mol. The lowest BCUT2D eigenvalue weighted by molar-refractivity contribution is 0.276. The molecule has 0 radical (unpaired) electrons. The fraction of sp³-hybridized carbons (Fsp3) is 0.200. The van der Waals surface area contributed by atoms with E-state index in [0.29, 0.717) is 21.3 Å². The topological polar surface area (TPSA) is 32.3 Å². The minimum Gasteiger partial charge on any atom is -0.394 e. The molecule has 0 saturated heterocycles. The lowest BCUT2D eigenvalue weighted by atomic mass is 10.1. The highest BCUT2D eigenvalue weighted by molar-refractivity contribution is 6.33. The number of aliphatic hydroxyl groups is 1. The van der Waals surface area contributed by atoms with E-state index in [2.05, 4.69) is 5.32 Å². The third-order valence-electron chi connectivity index (χ3n) is 2.90. The zero-order valence-corrected chi connectivity index (χ0v) is 12.3. The fourth-order valence-electron chi connectivity index (χ4n) is 2.02. The second kappa shape index (κ2) is 6.44. The Bertz CT molecular complexity index is 599. The maximum absolute atomic E-state index is 13.4. The van der Waals surface area contributed by atoms with Crippen LogP contribution in [0.25, 0.3) is 0 Å². The number of nitrogens with one attached hydrogen (secondary N) is 1. The van der Waals surface area contributed by atoms with Crippen LogP contribution in [-0.2, 0) is 0 Å². The van der Waals surface area contributed by atoms with Crippen molar-refractivity contribution in [3.05, 3.63) is 63.4 Å². The van der Waals surface area contributed by atoms with Gasteiger partial charge in [-0.15, -0.1) is 0 Å². The molecular weight excluding hydrogens is 300 g/mol. The molecule has 0 spiro atoms. The van der Waals surface area contributed by atoms with E-state index in [1.165, 1.54) is 12.1 Å². The summed E-state index contributed by atoms with van der Waals surface area (Å²) >= 11 is 12.1. The van der Waals surface area contributed by atoms with Gasteiger partial charge in [0.15, 0.2) is 0 Å². The predicted molar refractivity (Wildman–Crippen MR) is 81.0 cm³/mol. The van der Waals surface area contributed by atoms with Crippen LogP contribution in [0.15, 0.2) is 36.4 Å². The molecule has 20 heavy (non-hydrogen) atoms. The molecule has 1 unspecified atom stereocenters. The maximum Gasteiger partial charge on any atom is 0.125 e. The van der Waals surface area contributed by atoms with Gasteiger partial charge >= 0.3 is 0 Å². The molecule has 0 amide bonds. The Labute approximate surface area is 127 Å². The van der Waals surface area contributed by atoms with Gasteiger partial charge in [-0.1, -0.05) is 23.2 Å². The Morgan fingerprint density at radius 2 is 1.95 bits per heavy atom. The van der Waals surface area contributed by atoms with Gasteiger partial charge in [-0.2, -0.15) is 0 Å². The summed E-state index contributed by atoms with van der Waals surface area (Å²) in [5.74, 6) is -0.332. The van der Waals surface area contributed by atoms with Gasteiger partial charge in [0, 0.05) is 15.7 Å². The van der Waals surface area contributed by atoms with Crippen molar-refractivity contribution in [2.45, 2.75) is 13.0 Å². The first-order chi connectivity index (χ1) is 9.49. The minimum atomic E-state index is -0.456. The van der Waals surface area contributed by atoms with E-state index >= 15 is 0 Å². The van der Waals surface area contributed by atoms with Gasteiger partial charge < -0.3 is 10.4 Å². The van der Waals surface area contributed by atoms with Gasteiger partial charge in [0.05, 0.1) is 12.6 Å². The number of halogens is 3. The van der Waals surface area contributed by atoms with Crippen molar-refractivity contribution in [2.24, 2.45) is 0 Å². The normalized spacial score (nSPS) is 12.2. The fourth-order valence-corrected chi connectivity index (χ4v) is 2.45. The van der Waals surface area contributed by atoms with Crippen LogP contribution in [0.3, 0.4) is 0 Å².